The van der Waals surface area contributed by atoms with Crippen LogP contribution in [0.5, 0.6) is 0 Å². The van der Waals surface area contributed by atoms with Gasteiger partial charge < -0.3 is 0 Å². The van der Waals surface area contributed by atoms with Gasteiger partial charge in [-0.15, -0.1) is 6.58 Å². The summed E-state index contributed by atoms with van der Waals surface area (Å²) in [6.45, 7) is 3.92. The van der Waals surface area contributed by atoms with E-state index >= 15 is 0 Å². The van der Waals surface area contributed by atoms with E-state index in [1.54, 1.807) is 11.1 Å². The molecule has 3 aliphatic carbocycles. The normalized spacial score (nSPS) is 35.4. The van der Waals surface area contributed by atoms with Gasteiger partial charge in [-0.2, -0.15) is 0 Å². The maximum Gasteiger partial charge on any atom is -0.00933 e. The molecule has 3 rings (SSSR count). The first-order valence-corrected chi connectivity index (χ1v) is 7.09. The first kappa shape index (κ1) is 11.1. The Morgan fingerprint density at radius 3 is 3.00 bits per heavy atom. The predicted octanol–water partition coefficient (Wildman–Crippen LogP) is 4.81. The van der Waals surface area contributed by atoms with E-state index in [-0.39, 0.29) is 0 Å². The highest BCUT2D eigenvalue weighted by atomic mass is 14.4. The highest BCUT2D eigenvalue weighted by molar-refractivity contribution is 5.38. The van der Waals surface area contributed by atoms with Crippen molar-refractivity contribution in [2.45, 2.75) is 38.5 Å². The van der Waals surface area contributed by atoms with Crippen LogP contribution in [0, 0.1) is 17.8 Å². The summed E-state index contributed by atoms with van der Waals surface area (Å²) < 4.78 is 0. The van der Waals surface area contributed by atoms with Gasteiger partial charge in [-0.25, -0.2) is 0 Å². The van der Waals surface area contributed by atoms with Crippen molar-refractivity contribution in [1.82, 2.24) is 0 Å². The number of hydrogen-bond acceptors (Lipinski definition) is 0. The van der Waals surface area contributed by atoms with E-state index in [1.807, 2.05) is 0 Å². The van der Waals surface area contributed by atoms with E-state index in [0.717, 1.165) is 17.8 Å². The molecule has 0 bridgehead atoms. The van der Waals surface area contributed by atoms with Crippen molar-refractivity contribution in [2.24, 2.45) is 17.8 Å². The van der Waals surface area contributed by atoms with Crippen molar-refractivity contribution >= 4 is 0 Å². The maximum absolute atomic E-state index is 3.92. The molecule has 1 saturated carbocycles. The average molecular weight is 226 g/mol. The zero-order chi connectivity index (χ0) is 11.7. The third-order valence-corrected chi connectivity index (χ3v) is 4.76. The van der Waals surface area contributed by atoms with Gasteiger partial charge in [0.2, 0.25) is 0 Å². The lowest BCUT2D eigenvalue weighted by atomic mass is 9.64. The summed E-state index contributed by atoms with van der Waals surface area (Å²) in [4.78, 5) is 0. The molecule has 0 aliphatic heterocycles. The van der Waals surface area contributed by atoms with E-state index in [1.165, 1.54) is 38.5 Å². The molecule has 3 unspecified atom stereocenters. The molecule has 0 aromatic heterocycles. The van der Waals surface area contributed by atoms with Gasteiger partial charge in [-0.3, -0.25) is 0 Å². The Kier molecular flexibility index (Phi) is 3.05. The van der Waals surface area contributed by atoms with E-state index < -0.39 is 0 Å². The van der Waals surface area contributed by atoms with Crippen LogP contribution in [0.15, 0.2) is 48.1 Å². The molecular weight excluding hydrogens is 204 g/mol. The van der Waals surface area contributed by atoms with Crippen LogP contribution in [-0.2, 0) is 0 Å². The Morgan fingerprint density at radius 2 is 2.12 bits per heavy atom. The van der Waals surface area contributed by atoms with Gasteiger partial charge in [-0.05, 0) is 55.4 Å². The van der Waals surface area contributed by atoms with Crippen molar-refractivity contribution in [1.29, 1.82) is 0 Å². The van der Waals surface area contributed by atoms with Gasteiger partial charge in [0.1, 0.15) is 0 Å². The molecule has 0 aromatic rings. The summed E-state index contributed by atoms with van der Waals surface area (Å²) in [5, 5.41) is 0. The number of allylic oxidation sites excluding steroid dienone is 7. The van der Waals surface area contributed by atoms with Crippen molar-refractivity contribution in [3.63, 3.8) is 0 Å². The first-order chi connectivity index (χ1) is 8.40. The Labute approximate surface area is 105 Å². The first-order valence-electron chi connectivity index (χ1n) is 7.09. The highest BCUT2D eigenvalue weighted by Crippen LogP contribution is 2.47. The molecule has 0 heterocycles. The Bertz CT molecular complexity index is 394. The third-order valence-electron chi connectivity index (χ3n) is 4.76. The van der Waals surface area contributed by atoms with Crippen LogP contribution >= 0.6 is 0 Å². The minimum Gasteiger partial charge on any atom is -0.103 e. The Balaban J connectivity index is 1.91. The summed E-state index contributed by atoms with van der Waals surface area (Å²) in [5.74, 6) is 2.46. The van der Waals surface area contributed by atoms with E-state index in [2.05, 4.69) is 37.0 Å². The minimum absolute atomic E-state index is 0.787. The molecule has 3 atom stereocenters. The number of rotatable bonds is 2. The number of hydrogen-bond donors (Lipinski definition) is 0. The quantitative estimate of drug-likeness (QED) is 0.593. The molecule has 1 fully saturated rings. The van der Waals surface area contributed by atoms with Crippen LogP contribution in [0.1, 0.15) is 38.5 Å². The molecule has 0 radical (unpaired) electrons. The summed E-state index contributed by atoms with van der Waals surface area (Å²) in [6.07, 6.45) is 19.6. The van der Waals surface area contributed by atoms with Gasteiger partial charge in [0.05, 0.1) is 0 Å². The van der Waals surface area contributed by atoms with Crippen molar-refractivity contribution in [3.8, 4) is 0 Å². The average Bonchev–Trinajstić information content (AvgIpc) is 2.39. The molecule has 0 heteroatoms. The van der Waals surface area contributed by atoms with Crippen molar-refractivity contribution in [2.75, 3.05) is 0 Å². The Hall–Kier alpha value is -1.04. The second-order valence-electron chi connectivity index (χ2n) is 5.68. The monoisotopic (exact) mass is 226 g/mol. The topological polar surface area (TPSA) is 0 Å². The molecule has 0 amide bonds. The number of fused-ring (bicyclic) bond motifs is 3. The van der Waals surface area contributed by atoms with Crippen LogP contribution < -0.4 is 0 Å². The highest BCUT2D eigenvalue weighted by Gasteiger charge is 2.35. The lowest BCUT2D eigenvalue weighted by Gasteiger charge is -2.41. The van der Waals surface area contributed by atoms with Gasteiger partial charge in [-0.1, -0.05) is 42.4 Å². The second kappa shape index (κ2) is 4.68. The van der Waals surface area contributed by atoms with Gasteiger partial charge >= 0.3 is 0 Å². The SMILES string of the molecule is C=CCC1CCCC2C1=CC=C1C=CCCC12. The van der Waals surface area contributed by atoms with Crippen LogP contribution in [0.2, 0.25) is 0 Å². The largest absolute Gasteiger partial charge is 0.103 e. The molecule has 0 nitrogen and oxygen atoms in total. The molecule has 0 spiro atoms. The van der Waals surface area contributed by atoms with Gasteiger partial charge in [0.15, 0.2) is 0 Å². The molecule has 90 valence electrons. The van der Waals surface area contributed by atoms with Crippen LogP contribution in [-0.4, -0.2) is 0 Å². The van der Waals surface area contributed by atoms with Gasteiger partial charge in [0.25, 0.3) is 0 Å². The third kappa shape index (κ3) is 1.94. The zero-order valence-electron chi connectivity index (χ0n) is 10.6. The maximum atomic E-state index is 3.92. The molecular formula is C17H22. The summed E-state index contributed by atoms with van der Waals surface area (Å²) in [6, 6.07) is 0. The van der Waals surface area contributed by atoms with Gasteiger partial charge in [0, 0.05) is 0 Å². The molecule has 3 aliphatic rings. The molecule has 0 aromatic carbocycles. The summed E-state index contributed by atoms with van der Waals surface area (Å²) in [5.41, 5.74) is 3.32. The lowest BCUT2D eigenvalue weighted by Crippen LogP contribution is -2.29. The molecule has 17 heavy (non-hydrogen) atoms. The minimum atomic E-state index is 0.787. The fourth-order valence-corrected chi connectivity index (χ4v) is 3.96. The lowest BCUT2D eigenvalue weighted by molar-refractivity contribution is 0.288. The van der Waals surface area contributed by atoms with E-state index in [4.69, 9.17) is 0 Å². The smallest absolute Gasteiger partial charge is 0.00933 e. The van der Waals surface area contributed by atoms with Crippen molar-refractivity contribution < 1.29 is 0 Å². The predicted molar refractivity (Wildman–Crippen MR) is 73.7 cm³/mol. The standard InChI is InChI=1S/C17H22/c1-2-6-13-8-5-10-17-15-9-4-3-7-14(15)11-12-16(13)17/h2-3,7,11-13,15,17H,1,4-6,8-10H2. The zero-order valence-corrected chi connectivity index (χ0v) is 10.6. The van der Waals surface area contributed by atoms with Crippen molar-refractivity contribution in [3.05, 3.63) is 48.1 Å². The fourth-order valence-electron chi connectivity index (χ4n) is 3.96. The van der Waals surface area contributed by atoms with E-state index in [9.17, 15) is 0 Å². The van der Waals surface area contributed by atoms with Crippen LogP contribution in [0.3, 0.4) is 0 Å². The van der Waals surface area contributed by atoms with E-state index in [0.29, 0.717) is 0 Å². The molecule has 0 N–H and O–H groups in total. The fraction of sp³-hybridized carbons (Fsp3) is 0.529. The second-order valence-corrected chi connectivity index (χ2v) is 5.68. The summed E-state index contributed by atoms with van der Waals surface area (Å²) in [7, 11) is 0. The van der Waals surface area contributed by atoms with Crippen LogP contribution in [0.25, 0.3) is 0 Å². The van der Waals surface area contributed by atoms with Crippen LogP contribution in [0.4, 0.5) is 0 Å². The Morgan fingerprint density at radius 1 is 1.18 bits per heavy atom. The summed E-state index contributed by atoms with van der Waals surface area (Å²) >= 11 is 0. The molecule has 0 saturated heterocycles.